The highest BCUT2D eigenvalue weighted by Crippen LogP contribution is 2.36. The molecule has 1 amide bonds. The molecule has 1 spiro atoms. The van der Waals surface area contributed by atoms with E-state index in [1.807, 2.05) is 12.3 Å². The van der Waals surface area contributed by atoms with Crippen LogP contribution < -0.4 is 5.73 Å². The van der Waals surface area contributed by atoms with Gasteiger partial charge in [-0.25, -0.2) is 4.99 Å². The van der Waals surface area contributed by atoms with Gasteiger partial charge in [0.1, 0.15) is 17.1 Å². The normalized spacial score (nSPS) is 25.4. The number of rotatable bonds is 1. The van der Waals surface area contributed by atoms with Gasteiger partial charge < -0.3 is 10.6 Å². The second kappa shape index (κ2) is 4.23. The Morgan fingerprint density at radius 3 is 2.78 bits per heavy atom. The molecule has 2 N–H and O–H groups in total. The molecule has 1 aliphatic carbocycles. The van der Waals surface area contributed by atoms with Crippen molar-refractivity contribution < 1.29 is 4.79 Å². The van der Waals surface area contributed by atoms with E-state index in [1.165, 1.54) is 19.3 Å². The van der Waals surface area contributed by atoms with Crippen molar-refractivity contribution in [2.45, 2.75) is 37.6 Å². The lowest BCUT2D eigenvalue weighted by Crippen LogP contribution is -2.54. The smallest absolute Gasteiger partial charge is 0.267 e. The topological polar surface area (TPSA) is 71.1 Å². The van der Waals surface area contributed by atoms with Gasteiger partial charge >= 0.3 is 0 Å². The molecule has 0 unspecified atom stereocenters. The van der Waals surface area contributed by atoms with Crippen molar-refractivity contribution in [3.63, 3.8) is 0 Å². The highest BCUT2D eigenvalue weighted by atomic mass is 16.1. The summed E-state index contributed by atoms with van der Waals surface area (Å²) in [6.45, 7) is 1.49. The molecule has 1 fully saturated rings. The molecule has 1 saturated carbocycles. The van der Waals surface area contributed by atoms with Crippen LogP contribution in [0, 0.1) is 0 Å². The predicted molar refractivity (Wildman–Crippen MR) is 70.6 cm³/mol. The van der Waals surface area contributed by atoms with Crippen molar-refractivity contribution in [1.82, 2.24) is 4.90 Å². The third-order valence-electron chi connectivity index (χ3n) is 4.02. The second-order valence-corrected chi connectivity index (χ2v) is 5.20. The molecule has 2 heterocycles. The van der Waals surface area contributed by atoms with Crippen LogP contribution in [0.25, 0.3) is 0 Å². The van der Waals surface area contributed by atoms with Crippen LogP contribution in [0.15, 0.2) is 21.8 Å². The monoisotopic (exact) mass is 246 g/mol. The van der Waals surface area contributed by atoms with Crippen LogP contribution in [-0.2, 0) is 4.79 Å². The summed E-state index contributed by atoms with van der Waals surface area (Å²) >= 11 is 0. The Hall–Kier alpha value is -1.65. The average Bonchev–Trinajstić information content (AvgIpc) is 2.40. The first-order valence-electron chi connectivity index (χ1n) is 6.59. The Morgan fingerprint density at radius 2 is 2.06 bits per heavy atom. The van der Waals surface area contributed by atoms with Crippen LogP contribution in [-0.4, -0.2) is 41.5 Å². The molecule has 3 aliphatic rings. The summed E-state index contributed by atoms with van der Waals surface area (Å²) in [6, 6.07) is 0. The summed E-state index contributed by atoms with van der Waals surface area (Å²) in [4.78, 5) is 22.7. The number of hydrogen-bond donors (Lipinski definition) is 1. The van der Waals surface area contributed by atoms with E-state index < -0.39 is 5.91 Å². The maximum Gasteiger partial charge on any atom is 0.267 e. The number of amidine groups is 1. The predicted octanol–water partition coefficient (Wildman–Crippen LogP) is 0.857. The molecule has 96 valence electrons. The number of carbonyl (C=O) groups excluding carboxylic acids is 1. The minimum absolute atomic E-state index is 0.189. The number of nitrogens with two attached hydrogens (primary N) is 1. The molecule has 0 aromatic heterocycles. The molecule has 5 heteroatoms. The summed E-state index contributed by atoms with van der Waals surface area (Å²) in [7, 11) is 0. The summed E-state index contributed by atoms with van der Waals surface area (Å²) in [5.41, 5.74) is 5.54. The third kappa shape index (κ3) is 1.74. The van der Waals surface area contributed by atoms with Gasteiger partial charge in [0.05, 0.1) is 6.54 Å². The first-order chi connectivity index (χ1) is 8.71. The number of primary amides is 1. The van der Waals surface area contributed by atoms with Crippen molar-refractivity contribution in [1.29, 1.82) is 0 Å². The zero-order chi connectivity index (χ0) is 12.6. The minimum atomic E-state index is -0.442. The van der Waals surface area contributed by atoms with Crippen molar-refractivity contribution in [3.8, 4) is 0 Å². The van der Waals surface area contributed by atoms with Gasteiger partial charge in [-0.2, -0.15) is 0 Å². The molecule has 5 nitrogen and oxygen atoms in total. The Labute approximate surface area is 106 Å². The van der Waals surface area contributed by atoms with E-state index in [-0.39, 0.29) is 5.54 Å². The molecule has 0 saturated heterocycles. The van der Waals surface area contributed by atoms with Crippen LogP contribution in [0.1, 0.15) is 32.1 Å². The van der Waals surface area contributed by atoms with Gasteiger partial charge in [0, 0.05) is 12.8 Å². The van der Waals surface area contributed by atoms with Crippen LogP contribution >= 0.6 is 0 Å². The van der Waals surface area contributed by atoms with Crippen LogP contribution in [0.3, 0.4) is 0 Å². The van der Waals surface area contributed by atoms with Crippen molar-refractivity contribution >= 4 is 18.0 Å². The van der Waals surface area contributed by atoms with Gasteiger partial charge in [-0.3, -0.25) is 9.79 Å². The van der Waals surface area contributed by atoms with E-state index in [0.29, 0.717) is 12.2 Å². The number of aliphatic imine (C=N–C) groups is 2. The fourth-order valence-electron chi connectivity index (χ4n) is 3.09. The number of fused-ring (bicyclic) bond motifs is 2. The summed E-state index contributed by atoms with van der Waals surface area (Å²) < 4.78 is 0. The van der Waals surface area contributed by atoms with E-state index in [4.69, 9.17) is 10.7 Å². The summed E-state index contributed by atoms with van der Waals surface area (Å²) in [6.07, 6.45) is 9.49. The zero-order valence-corrected chi connectivity index (χ0v) is 10.4. The Kier molecular flexibility index (Phi) is 2.69. The van der Waals surface area contributed by atoms with Gasteiger partial charge in [-0.15, -0.1) is 0 Å². The van der Waals surface area contributed by atoms with E-state index in [2.05, 4.69) is 9.89 Å². The largest absolute Gasteiger partial charge is 0.364 e. The molecular formula is C13H18N4O. The van der Waals surface area contributed by atoms with Gasteiger partial charge in [0.15, 0.2) is 0 Å². The molecule has 18 heavy (non-hydrogen) atoms. The maximum absolute atomic E-state index is 11.3. The van der Waals surface area contributed by atoms with Crippen molar-refractivity contribution in [3.05, 3.63) is 11.8 Å². The molecule has 3 rings (SSSR count). The molecule has 0 bridgehead atoms. The van der Waals surface area contributed by atoms with Gasteiger partial charge in [0.2, 0.25) is 0 Å². The Balaban J connectivity index is 1.99. The second-order valence-electron chi connectivity index (χ2n) is 5.20. The molecule has 0 aromatic rings. The molecular weight excluding hydrogens is 228 g/mol. The highest BCUT2D eigenvalue weighted by Gasteiger charge is 2.42. The van der Waals surface area contributed by atoms with Gasteiger partial charge in [-0.05, 0) is 18.9 Å². The minimum Gasteiger partial charge on any atom is -0.364 e. The first-order valence-corrected chi connectivity index (χ1v) is 6.59. The number of carbonyl (C=O) groups is 1. The SMILES string of the molecule is NC(=O)C1=CCN2CC=NC3(CCCCC3)C2=N1. The Morgan fingerprint density at radius 1 is 1.28 bits per heavy atom. The fourth-order valence-corrected chi connectivity index (χ4v) is 3.09. The van der Waals surface area contributed by atoms with Crippen LogP contribution in [0.2, 0.25) is 0 Å². The standard InChI is InChI=1S/C13H18N4O/c14-11(18)10-4-8-17-9-7-15-13(12(17)16-10)5-2-1-3-6-13/h4,7H,1-3,5-6,8-9H2,(H2,14,18). The lowest BCUT2D eigenvalue weighted by molar-refractivity contribution is -0.114. The quantitative estimate of drug-likeness (QED) is 0.745. The van der Waals surface area contributed by atoms with Crippen molar-refractivity contribution in [2.75, 3.05) is 13.1 Å². The fraction of sp³-hybridized carbons (Fsp3) is 0.615. The summed E-state index contributed by atoms with van der Waals surface area (Å²) in [5.74, 6) is 0.517. The van der Waals surface area contributed by atoms with E-state index in [9.17, 15) is 4.79 Å². The van der Waals surface area contributed by atoms with Gasteiger partial charge in [-0.1, -0.05) is 19.3 Å². The molecule has 0 radical (unpaired) electrons. The lowest BCUT2D eigenvalue weighted by atomic mass is 9.79. The van der Waals surface area contributed by atoms with Gasteiger partial charge in [0.25, 0.3) is 5.91 Å². The average molecular weight is 246 g/mol. The van der Waals surface area contributed by atoms with E-state index >= 15 is 0 Å². The number of hydrogen-bond acceptors (Lipinski definition) is 4. The number of nitrogens with zero attached hydrogens (tertiary/aromatic N) is 3. The van der Waals surface area contributed by atoms with Crippen LogP contribution in [0.5, 0.6) is 0 Å². The molecule has 0 atom stereocenters. The molecule has 2 aliphatic heterocycles. The van der Waals surface area contributed by atoms with Crippen LogP contribution in [0.4, 0.5) is 0 Å². The molecule has 0 aromatic carbocycles. The van der Waals surface area contributed by atoms with E-state index in [1.54, 1.807) is 0 Å². The Bertz CT molecular complexity index is 458. The summed E-state index contributed by atoms with van der Waals surface area (Å²) in [5, 5.41) is 0. The zero-order valence-electron chi connectivity index (χ0n) is 10.4. The maximum atomic E-state index is 11.3. The first kappa shape index (κ1) is 11.4. The third-order valence-corrected chi connectivity index (χ3v) is 4.02. The number of amides is 1. The van der Waals surface area contributed by atoms with E-state index in [0.717, 1.165) is 25.2 Å². The highest BCUT2D eigenvalue weighted by molar-refractivity contribution is 6.02. The van der Waals surface area contributed by atoms with Crippen molar-refractivity contribution in [2.24, 2.45) is 15.7 Å². The lowest BCUT2D eigenvalue weighted by Gasteiger charge is -2.43.